The van der Waals surface area contributed by atoms with Gasteiger partial charge in [-0.1, -0.05) is 80.6 Å². The van der Waals surface area contributed by atoms with E-state index in [1.165, 1.54) is 4.90 Å². The van der Waals surface area contributed by atoms with E-state index in [4.69, 9.17) is 4.74 Å². The monoisotopic (exact) mass is 462 g/mol. The number of hydrogen-bond acceptors (Lipinski definition) is 4. The Bertz CT molecular complexity index is 1420. The highest BCUT2D eigenvalue weighted by atomic mass is 16.5. The fourth-order valence-corrected chi connectivity index (χ4v) is 4.18. The number of anilines is 2. The molecule has 0 saturated heterocycles. The van der Waals surface area contributed by atoms with E-state index in [0.29, 0.717) is 35.1 Å². The summed E-state index contributed by atoms with van der Waals surface area (Å²) in [5, 5.41) is 5.32. The molecule has 0 unspecified atom stereocenters. The quantitative estimate of drug-likeness (QED) is 0.329. The van der Waals surface area contributed by atoms with E-state index in [1.807, 2.05) is 72.8 Å². The van der Waals surface area contributed by atoms with Crippen LogP contribution >= 0.6 is 0 Å². The van der Waals surface area contributed by atoms with Crippen molar-refractivity contribution in [2.75, 3.05) is 16.8 Å². The van der Waals surface area contributed by atoms with Crippen LogP contribution in [0.25, 0.3) is 16.3 Å². The summed E-state index contributed by atoms with van der Waals surface area (Å²) in [5.41, 5.74) is 2.57. The third-order valence-electron chi connectivity index (χ3n) is 5.87. The van der Waals surface area contributed by atoms with Crippen molar-refractivity contribution in [3.63, 3.8) is 0 Å². The number of nitrogens with zero attached hydrogens (tertiary/aromatic N) is 1. The molecule has 0 saturated carbocycles. The van der Waals surface area contributed by atoms with Crippen molar-refractivity contribution in [3.05, 3.63) is 108 Å². The SMILES string of the molecule is CC(C)COc1ccc(N2C(=O)C(Nc3cccc4ccccc34)=C(c3ccccc3)C2=O)cc1. The van der Waals surface area contributed by atoms with Gasteiger partial charge in [0.05, 0.1) is 17.9 Å². The van der Waals surface area contributed by atoms with Crippen LogP contribution in [0.2, 0.25) is 0 Å². The molecule has 0 aromatic heterocycles. The first-order chi connectivity index (χ1) is 17.0. The van der Waals surface area contributed by atoms with Crippen molar-refractivity contribution in [2.45, 2.75) is 13.8 Å². The van der Waals surface area contributed by atoms with Crippen LogP contribution in [0.4, 0.5) is 11.4 Å². The lowest BCUT2D eigenvalue weighted by atomic mass is 10.0. The Morgan fingerprint density at radius 1 is 0.771 bits per heavy atom. The van der Waals surface area contributed by atoms with Gasteiger partial charge >= 0.3 is 0 Å². The third kappa shape index (κ3) is 4.41. The Kier molecular flexibility index (Phi) is 6.06. The van der Waals surface area contributed by atoms with Gasteiger partial charge in [-0.2, -0.15) is 0 Å². The van der Waals surface area contributed by atoms with Crippen molar-refractivity contribution in [1.29, 1.82) is 0 Å². The molecule has 0 atom stereocenters. The Balaban J connectivity index is 1.54. The van der Waals surface area contributed by atoms with Crippen molar-refractivity contribution in [2.24, 2.45) is 5.92 Å². The molecule has 4 aromatic rings. The van der Waals surface area contributed by atoms with Crippen LogP contribution in [-0.2, 0) is 9.59 Å². The smallest absolute Gasteiger partial charge is 0.282 e. The first kappa shape index (κ1) is 22.4. The maximum atomic E-state index is 13.7. The molecule has 5 heteroatoms. The third-order valence-corrected chi connectivity index (χ3v) is 5.87. The number of fused-ring (bicyclic) bond motifs is 1. The predicted octanol–water partition coefficient (Wildman–Crippen LogP) is 6.27. The van der Waals surface area contributed by atoms with Gasteiger partial charge in [0.2, 0.25) is 0 Å². The molecule has 0 aliphatic carbocycles. The van der Waals surface area contributed by atoms with Crippen LogP contribution in [0.1, 0.15) is 19.4 Å². The summed E-state index contributed by atoms with van der Waals surface area (Å²) in [6, 6.07) is 30.2. The lowest BCUT2D eigenvalue weighted by Crippen LogP contribution is -2.32. The second-order valence-electron chi connectivity index (χ2n) is 8.91. The fourth-order valence-electron chi connectivity index (χ4n) is 4.18. The molecule has 1 aliphatic heterocycles. The Morgan fingerprint density at radius 3 is 2.20 bits per heavy atom. The van der Waals surface area contributed by atoms with Crippen molar-refractivity contribution >= 4 is 39.5 Å². The van der Waals surface area contributed by atoms with Crippen molar-refractivity contribution < 1.29 is 14.3 Å². The number of rotatable bonds is 7. The van der Waals surface area contributed by atoms with Gasteiger partial charge in [-0.25, -0.2) is 4.90 Å². The van der Waals surface area contributed by atoms with Crippen LogP contribution in [0.3, 0.4) is 0 Å². The number of nitrogens with one attached hydrogen (secondary N) is 1. The van der Waals surface area contributed by atoms with Gasteiger partial charge in [0.15, 0.2) is 0 Å². The van der Waals surface area contributed by atoms with Crippen LogP contribution in [0.5, 0.6) is 5.75 Å². The minimum atomic E-state index is -0.391. The van der Waals surface area contributed by atoms with Crippen LogP contribution in [0.15, 0.2) is 103 Å². The van der Waals surface area contributed by atoms with E-state index in [1.54, 1.807) is 24.3 Å². The van der Waals surface area contributed by atoms with Gasteiger partial charge < -0.3 is 10.1 Å². The van der Waals surface area contributed by atoms with E-state index in [0.717, 1.165) is 16.5 Å². The number of ether oxygens (including phenoxy) is 1. The molecule has 174 valence electrons. The molecule has 1 N–H and O–H groups in total. The molecular weight excluding hydrogens is 436 g/mol. The number of imide groups is 1. The molecule has 35 heavy (non-hydrogen) atoms. The molecule has 0 fully saturated rings. The minimum Gasteiger partial charge on any atom is -0.493 e. The van der Waals surface area contributed by atoms with Gasteiger partial charge in [0.25, 0.3) is 11.8 Å². The highest BCUT2D eigenvalue weighted by Crippen LogP contribution is 2.35. The van der Waals surface area contributed by atoms with Gasteiger partial charge in [-0.15, -0.1) is 0 Å². The molecule has 0 radical (unpaired) electrons. The summed E-state index contributed by atoms with van der Waals surface area (Å²) in [7, 11) is 0. The lowest BCUT2D eigenvalue weighted by molar-refractivity contribution is -0.120. The number of hydrogen-bond donors (Lipinski definition) is 1. The highest BCUT2D eigenvalue weighted by molar-refractivity contribution is 6.46. The molecule has 1 heterocycles. The van der Waals surface area contributed by atoms with Crippen molar-refractivity contribution in [1.82, 2.24) is 0 Å². The maximum Gasteiger partial charge on any atom is 0.282 e. The van der Waals surface area contributed by atoms with Gasteiger partial charge in [0, 0.05) is 11.1 Å². The number of amides is 2. The number of benzene rings is 4. The first-order valence-electron chi connectivity index (χ1n) is 11.7. The van der Waals surface area contributed by atoms with Crippen molar-refractivity contribution in [3.8, 4) is 5.75 Å². The summed E-state index contributed by atoms with van der Waals surface area (Å²) >= 11 is 0. The van der Waals surface area contributed by atoms with Crippen LogP contribution < -0.4 is 15.0 Å². The molecule has 0 bridgehead atoms. The standard InChI is InChI=1S/C30H26N2O3/c1-20(2)19-35-24-17-15-23(16-18-24)32-29(33)27(22-10-4-3-5-11-22)28(30(32)34)31-26-14-8-12-21-9-6-7-13-25(21)26/h3-18,20,31H,19H2,1-2H3. The van der Waals surface area contributed by atoms with E-state index < -0.39 is 5.91 Å². The largest absolute Gasteiger partial charge is 0.493 e. The molecular formula is C30H26N2O3. The molecule has 2 amide bonds. The number of carbonyl (C=O) groups is 2. The lowest BCUT2D eigenvalue weighted by Gasteiger charge is -2.17. The van der Waals surface area contributed by atoms with Gasteiger partial charge in [-0.05, 0) is 47.2 Å². The van der Waals surface area contributed by atoms with E-state index >= 15 is 0 Å². The molecule has 1 aliphatic rings. The van der Waals surface area contributed by atoms with Gasteiger partial charge in [0.1, 0.15) is 11.4 Å². The molecule has 4 aromatic carbocycles. The molecule has 0 spiro atoms. The summed E-state index contributed by atoms with van der Waals surface area (Å²) in [6.45, 7) is 4.76. The zero-order valence-electron chi connectivity index (χ0n) is 19.7. The summed E-state index contributed by atoms with van der Waals surface area (Å²) in [4.78, 5) is 28.6. The molecule has 5 rings (SSSR count). The second-order valence-corrected chi connectivity index (χ2v) is 8.91. The normalized spacial score (nSPS) is 13.7. The zero-order chi connectivity index (χ0) is 24.4. The van der Waals surface area contributed by atoms with E-state index in [2.05, 4.69) is 19.2 Å². The summed E-state index contributed by atoms with van der Waals surface area (Å²) in [5.74, 6) is 0.348. The zero-order valence-corrected chi connectivity index (χ0v) is 19.7. The summed E-state index contributed by atoms with van der Waals surface area (Å²) < 4.78 is 5.76. The van der Waals surface area contributed by atoms with Crippen LogP contribution in [0, 0.1) is 5.92 Å². The predicted molar refractivity (Wildman–Crippen MR) is 140 cm³/mol. The fraction of sp³-hybridized carbons (Fsp3) is 0.133. The Labute approximate surface area is 204 Å². The second kappa shape index (κ2) is 9.47. The van der Waals surface area contributed by atoms with E-state index in [-0.39, 0.29) is 11.6 Å². The topological polar surface area (TPSA) is 58.6 Å². The van der Waals surface area contributed by atoms with Crippen LogP contribution in [-0.4, -0.2) is 18.4 Å². The van der Waals surface area contributed by atoms with E-state index in [9.17, 15) is 9.59 Å². The maximum absolute atomic E-state index is 13.7. The average molecular weight is 463 g/mol. The Hall–Kier alpha value is -4.38. The average Bonchev–Trinajstić information content (AvgIpc) is 3.12. The Morgan fingerprint density at radius 2 is 1.46 bits per heavy atom. The minimum absolute atomic E-state index is 0.262. The number of carbonyl (C=O) groups excluding carboxylic acids is 2. The summed E-state index contributed by atoms with van der Waals surface area (Å²) in [6.07, 6.45) is 0. The highest BCUT2D eigenvalue weighted by Gasteiger charge is 2.40. The molecule has 5 nitrogen and oxygen atoms in total. The van der Waals surface area contributed by atoms with Gasteiger partial charge in [-0.3, -0.25) is 9.59 Å². The first-order valence-corrected chi connectivity index (χ1v) is 11.7.